The van der Waals surface area contributed by atoms with Crippen LogP contribution in [0.5, 0.6) is 0 Å². The second-order valence-electron chi connectivity index (χ2n) is 9.45. The van der Waals surface area contributed by atoms with Crippen molar-refractivity contribution >= 4 is 29.0 Å². The summed E-state index contributed by atoms with van der Waals surface area (Å²) in [4.78, 5) is 40.0. The normalized spacial score (nSPS) is 15.6. The van der Waals surface area contributed by atoms with Gasteiger partial charge in [-0.1, -0.05) is 12.1 Å². The average molecular weight is 584 g/mol. The van der Waals surface area contributed by atoms with Gasteiger partial charge >= 0.3 is 6.18 Å². The number of aromatic nitrogens is 4. The summed E-state index contributed by atoms with van der Waals surface area (Å²) in [6.45, 7) is 3.85. The highest BCUT2D eigenvalue weighted by atomic mass is 19.4. The third-order valence-electron chi connectivity index (χ3n) is 6.73. The highest BCUT2D eigenvalue weighted by Crippen LogP contribution is 2.33. The van der Waals surface area contributed by atoms with Crippen molar-refractivity contribution in [3.05, 3.63) is 71.9 Å². The highest BCUT2D eigenvalue weighted by Gasteiger charge is 2.31. The van der Waals surface area contributed by atoms with Gasteiger partial charge in [0, 0.05) is 42.9 Å². The Labute approximate surface area is 238 Å². The Morgan fingerprint density at radius 3 is 2.69 bits per heavy atom. The second-order valence-corrected chi connectivity index (χ2v) is 9.45. The maximum atomic E-state index is 13.0. The summed E-state index contributed by atoms with van der Waals surface area (Å²) in [5.41, 5.74) is 7.16. The monoisotopic (exact) mass is 583 g/mol. The molecule has 2 amide bonds. The molecule has 42 heavy (non-hydrogen) atoms. The number of imidazole rings is 1. The van der Waals surface area contributed by atoms with Crippen LogP contribution < -0.4 is 11.1 Å². The first-order chi connectivity index (χ1) is 20.2. The molecule has 3 aromatic heterocycles. The number of rotatable bonds is 8. The molecule has 4 heterocycles. The quantitative estimate of drug-likeness (QED) is 0.298. The van der Waals surface area contributed by atoms with E-state index in [0.29, 0.717) is 55.5 Å². The van der Waals surface area contributed by atoms with E-state index >= 15 is 0 Å². The van der Waals surface area contributed by atoms with Crippen LogP contribution in [-0.4, -0.2) is 69.0 Å². The molecule has 5 rings (SSSR count). The number of pyridine rings is 1. The molecular weight excluding hydrogens is 555 g/mol. The second kappa shape index (κ2) is 12.1. The number of hydrogen-bond donors (Lipinski definition) is 2. The molecule has 3 N–H and O–H groups in total. The Morgan fingerprint density at radius 1 is 1.17 bits per heavy atom. The standard InChI is InChI=1S/C28H28F3N7O4/c1-2-41-13-8-22(39)37-12-14-42-20(16-37)26-36-23(24-25(32)34-10-11-38(24)26)17-3-5-18(6-4-17)27(40)35-21-15-19(7-9-33-21)28(29,30)31/h3-7,9-11,15,20H,2,8,12-14,16H2,1H3,(H2,32,34)(H,33,35,40)/t20-/m1/s1. The van der Waals surface area contributed by atoms with Gasteiger partial charge in [-0.15, -0.1) is 0 Å². The van der Waals surface area contributed by atoms with Gasteiger partial charge in [0.05, 0.1) is 31.7 Å². The molecule has 0 aliphatic carbocycles. The molecule has 14 heteroatoms. The number of nitrogens with two attached hydrogens (primary N) is 1. The third kappa shape index (κ3) is 6.19. The molecule has 1 saturated heterocycles. The zero-order valence-electron chi connectivity index (χ0n) is 22.6. The largest absolute Gasteiger partial charge is 0.416 e. The number of carbonyl (C=O) groups is 2. The summed E-state index contributed by atoms with van der Waals surface area (Å²) in [7, 11) is 0. The van der Waals surface area contributed by atoms with Crippen LogP contribution in [-0.2, 0) is 20.4 Å². The molecule has 0 radical (unpaired) electrons. The van der Waals surface area contributed by atoms with E-state index in [1.54, 1.807) is 33.8 Å². The number of fused-ring (bicyclic) bond motifs is 1. The lowest BCUT2D eigenvalue weighted by atomic mass is 10.1. The molecule has 4 aromatic rings. The number of nitrogens with zero attached hydrogens (tertiary/aromatic N) is 5. The van der Waals surface area contributed by atoms with Gasteiger partial charge in [0.25, 0.3) is 5.91 Å². The number of ether oxygens (including phenoxy) is 2. The van der Waals surface area contributed by atoms with Gasteiger partial charge in [-0.2, -0.15) is 13.2 Å². The molecule has 1 aliphatic heterocycles. The molecule has 220 valence electrons. The average Bonchev–Trinajstić information content (AvgIpc) is 3.38. The fraction of sp³-hybridized carbons (Fsp3) is 0.321. The Hall–Kier alpha value is -4.56. The molecular formula is C28H28F3N7O4. The maximum absolute atomic E-state index is 13.0. The predicted octanol–water partition coefficient (Wildman–Crippen LogP) is 3.97. The van der Waals surface area contributed by atoms with E-state index in [1.807, 2.05) is 6.92 Å². The van der Waals surface area contributed by atoms with Gasteiger partial charge < -0.3 is 25.4 Å². The summed E-state index contributed by atoms with van der Waals surface area (Å²) in [6.07, 6.45) is -0.584. The Kier molecular flexibility index (Phi) is 8.36. The molecule has 1 aromatic carbocycles. The minimum absolute atomic E-state index is 0.0341. The zero-order valence-corrected chi connectivity index (χ0v) is 22.6. The molecule has 0 unspecified atom stereocenters. The van der Waals surface area contributed by atoms with Crippen LogP contribution >= 0.6 is 0 Å². The number of halogens is 3. The van der Waals surface area contributed by atoms with Crippen molar-refractivity contribution in [2.24, 2.45) is 0 Å². The van der Waals surface area contributed by atoms with E-state index in [4.69, 9.17) is 20.2 Å². The first kappa shape index (κ1) is 29.0. The number of benzene rings is 1. The smallest absolute Gasteiger partial charge is 0.382 e. The highest BCUT2D eigenvalue weighted by molar-refractivity contribution is 6.04. The lowest BCUT2D eigenvalue weighted by Crippen LogP contribution is -2.43. The van der Waals surface area contributed by atoms with Crippen LogP contribution in [0, 0.1) is 0 Å². The van der Waals surface area contributed by atoms with E-state index in [-0.39, 0.29) is 29.5 Å². The Bertz CT molecular complexity index is 1590. The number of alkyl halides is 3. The van der Waals surface area contributed by atoms with Gasteiger partial charge in [-0.3, -0.25) is 14.0 Å². The molecule has 1 atom stereocenters. The number of morpholine rings is 1. The van der Waals surface area contributed by atoms with Crippen LogP contribution in [0.3, 0.4) is 0 Å². The minimum atomic E-state index is -4.56. The number of nitrogen functional groups attached to an aromatic ring is 1. The topological polar surface area (TPSA) is 137 Å². The van der Waals surface area contributed by atoms with Crippen LogP contribution in [0.25, 0.3) is 16.8 Å². The van der Waals surface area contributed by atoms with Crippen molar-refractivity contribution in [2.75, 3.05) is 44.0 Å². The van der Waals surface area contributed by atoms with Crippen molar-refractivity contribution in [1.29, 1.82) is 0 Å². The van der Waals surface area contributed by atoms with Gasteiger partial charge in [0.1, 0.15) is 34.8 Å². The number of carbonyl (C=O) groups excluding carboxylic acids is 2. The molecule has 11 nitrogen and oxygen atoms in total. The van der Waals surface area contributed by atoms with Gasteiger partial charge in [0.15, 0.2) is 0 Å². The van der Waals surface area contributed by atoms with Crippen molar-refractivity contribution < 1.29 is 32.2 Å². The molecule has 1 aliphatic rings. The minimum Gasteiger partial charge on any atom is -0.382 e. The summed E-state index contributed by atoms with van der Waals surface area (Å²) in [5.74, 6) is -0.124. The molecule has 1 fully saturated rings. The number of nitrogens with one attached hydrogen (secondary N) is 1. The lowest BCUT2D eigenvalue weighted by Gasteiger charge is -2.32. The van der Waals surface area contributed by atoms with Crippen LogP contribution in [0.2, 0.25) is 0 Å². The number of anilines is 2. The van der Waals surface area contributed by atoms with E-state index in [2.05, 4.69) is 15.3 Å². The number of hydrogen-bond acceptors (Lipinski definition) is 8. The number of amides is 2. The summed E-state index contributed by atoms with van der Waals surface area (Å²) in [5, 5.41) is 2.39. The first-order valence-electron chi connectivity index (χ1n) is 13.2. The summed E-state index contributed by atoms with van der Waals surface area (Å²) in [6, 6.07) is 7.93. The van der Waals surface area contributed by atoms with Crippen LogP contribution in [0.15, 0.2) is 55.0 Å². The Morgan fingerprint density at radius 2 is 1.95 bits per heavy atom. The van der Waals surface area contributed by atoms with Crippen molar-refractivity contribution in [3.8, 4) is 11.3 Å². The van der Waals surface area contributed by atoms with Crippen molar-refractivity contribution in [3.63, 3.8) is 0 Å². The lowest BCUT2D eigenvalue weighted by molar-refractivity contribution is -0.140. The molecule has 0 spiro atoms. The van der Waals surface area contributed by atoms with Gasteiger partial charge in [0.2, 0.25) is 5.91 Å². The fourth-order valence-corrected chi connectivity index (χ4v) is 4.65. The molecule has 0 bridgehead atoms. The SMILES string of the molecule is CCOCCC(=O)N1CCO[C@@H](c2nc(-c3ccc(C(=O)Nc4cc(C(F)(F)F)ccn4)cc3)c3c(N)nccn23)C1. The molecule has 0 saturated carbocycles. The predicted molar refractivity (Wildman–Crippen MR) is 146 cm³/mol. The van der Waals surface area contributed by atoms with E-state index in [0.717, 1.165) is 18.3 Å². The van der Waals surface area contributed by atoms with Gasteiger partial charge in [-0.25, -0.2) is 15.0 Å². The van der Waals surface area contributed by atoms with Gasteiger partial charge in [-0.05, 0) is 31.2 Å². The van der Waals surface area contributed by atoms with E-state index in [9.17, 15) is 22.8 Å². The van der Waals surface area contributed by atoms with Crippen LogP contribution in [0.1, 0.15) is 41.2 Å². The van der Waals surface area contributed by atoms with Crippen molar-refractivity contribution in [2.45, 2.75) is 25.6 Å². The third-order valence-corrected chi connectivity index (χ3v) is 6.73. The zero-order chi connectivity index (χ0) is 29.9. The van der Waals surface area contributed by atoms with Crippen molar-refractivity contribution in [1.82, 2.24) is 24.3 Å². The Balaban J connectivity index is 1.38. The fourth-order valence-electron chi connectivity index (χ4n) is 4.65. The van der Waals surface area contributed by atoms with E-state index < -0.39 is 23.8 Å². The summed E-state index contributed by atoms with van der Waals surface area (Å²) < 4.78 is 52.1. The van der Waals surface area contributed by atoms with E-state index in [1.165, 1.54) is 12.1 Å². The first-order valence-corrected chi connectivity index (χ1v) is 13.2. The summed E-state index contributed by atoms with van der Waals surface area (Å²) >= 11 is 0. The van der Waals surface area contributed by atoms with Crippen LogP contribution in [0.4, 0.5) is 24.8 Å². The maximum Gasteiger partial charge on any atom is 0.416 e.